The smallest absolute Gasteiger partial charge is 0.00398 e. The van der Waals surface area contributed by atoms with Crippen LogP contribution in [0.4, 0.5) is 0 Å². The first-order valence-corrected chi connectivity index (χ1v) is 8.84. The summed E-state index contributed by atoms with van der Waals surface area (Å²) >= 11 is 9.23. The summed E-state index contributed by atoms with van der Waals surface area (Å²) in [5.74, 6) is 1.44. The first-order valence-electron chi connectivity index (χ1n) is 7.81. The molecule has 0 nitrogen and oxygen atoms in total. The summed E-state index contributed by atoms with van der Waals surface area (Å²) in [6.45, 7) is 9.06. The summed E-state index contributed by atoms with van der Waals surface area (Å²) in [5, 5.41) is 1.20. The van der Waals surface area contributed by atoms with Crippen LogP contribution in [0.25, 0.3) is 0 Å². The normalized spacial score (nSPS) is 15.3. The van der Waals surface area contributed by atoms with Crippen molar-refractivity contribution < 1.29 is 0 Å². The quantitative estimate of drug-likeness (QED) is 0.337. The number of rotatable bonds is 11. The van der Waals surface area contributed by atoms with Gasteiger partial charge in [0.2, 0.25) is 0 Å². The lowest BCUT2D eigenvalue weighted by Gasteiger charge is -2.14. The summed E-state index contributed by atoms with van der Waals surface area (Å²) in [6, 6.07) is 0. The molecule has 2 atom stereocenters. The lowest BCUT2D eigenvalue weighted by Crippen LogP contribution is -2.07. The summed E-state index contributed by atoms with van der Waals surface area (Å²) < 4.78 is 0. The Kier molecular flexibility index (Phi) is 12.0. The lowest BCUT2D eigenvalue weighted by molar-refractivity contribution is 0.506. The maximum Gasteiger partial charge on any atom is 0.00398 e. The van der Waals surface area contributed by atoms with Gasteiger partial charge in [-0.05, 0) is 24.7 Å². The Bertz CT molecular complexity index is 158. The van der Waals surface area contributed by atoms with Crippen molar-refractivity contribution >= 4 is 25.3 Å². The van der Waals surface area contributed by atoms with E-state index in [-0.39, 0.29) is 0 Å². The summed E-state index contributed by atoms with van der Waals surface area (Å²) in [6.07, 6.45) is 10.9. The van der Waals surface area contributed by atoms with E-state index in [1.54, 1.807) is 0 Å². The third-order valence-corrected chi connectivity index (χ3v) is 5.50. The van der Waals surface area contributed by atoms with E-state index < -0.39 is 0 Å². The van der Waals surface area contributed by atoms with Gasteiger partial charge in [-0.25, -0.2) is 0 Å². The predicted molar refractivity (Wildman–Crippen MR) is 92.2 cm³/mol. The molecule has 0 heterocycles. The molecule has 0 rings (SSSR count). The molecule has 0 aliphatic heterocycles. The Morgan fingerprint density at radius 2 is 0.833 bits per heavy atom. The second kappa shape index (κ2) is 11.5. The van der Waals surface area contributed by atoms with Gasteiger partial charge in [0.1, 0.15) is 0 Å². The minimum atomic E-state index is 0.598. The molecular formula is C16H34S2. The minimum Gasteiger partial charge on any atom is -0.176 e. The van der Waals surface area contributed by atoms with Crippen molar-refractivity contribution in [3.8, 4) is 0 Å². The number of unbranched alkanes of at least 4 members (excludes halogenated alkanes) is 5. The largest absolute Gasteiger partial charge is 0.176 e. The Balaban J connectivity index is 3.22. The van der Waals surface area contributed by atoms with Gasteiger partial charge in [-0.2, -0.15) is 25.3 Å². The monoisotopic (exact) mass is 290 g/mol. The van der Waals surface area contributed by atoms with Crippen molar-refractivity contribution in [2.75, 3.05) is 0 Å². The van der Waals surface area contributed by atoms with Crippen molar-refractivity contribution in [1.82, 2.24) is 0 Å². The molecule has 2 unspecified atom stereocenters. The molecule has 0 aromatic rings. The molecule has 2 heteroatoms. The van der Waals surface area contributed by atoms with Crippen LogP contribution in [-0.4, -0.2) is 10.5 Å². The summed E-state index contributed by atoms with van der Waals surface area (Å²) in [4.78, 5) is 0. The molecule has 0 fully saturated rings. The molecule has 0 saturated heterocycles. The highest BCUT2D eigenvalue weighted by atomic mass is 32.1. The Morgan fingerprint density at radius 3 is 1.11 bits per heavy atom. The van der Waals surface area contributed by atoms with Crippen LogP contribution >= 0.6 is 25.3 Å². The van der Waals surface area contributed by atoms with E-state index >= 15 is 0 Å². The van der Waals surface area contributed by atoms with Crippen LogP contribution in [0.15, 0.2) is 0 Å². The number of hydrogen-bond acceptors (Lipinski definition) is 2. The average molecular weight is 291 g/mol. The summed E-state index contributed by atoms with van der Waals surface area (Å²) in [5.41, 5.74) is 0. The second-order valence-corrected chi connectivity index (χ2v) is 7.65. The third-order valence-electron chi connectivity index (χ3n) is 3.79. The molecule has 0 radical (unpaired) electrons. The Labute approximate surface area is 127 Å². The van der Waals surface area contributed by atoms with Gasteiger partial charge in [-0.3, -0.25) is 0 Å². The van der Waals surface area contributed by atoms with Crippen LogP contribution in [0.3, 0.4) is 0 Å². The summed E-state index contributed by atoms with van der Waals surface area (Å²) in [7, 11) is 0. The fourth-order valence-corrected chi connectivity index (χ4v) is 2.45. The van der Waals surface area contributed by atoms with Crippen molar-refractivity contribution in [3.63, 3.8) is 0 Å². The molecule has 0 amide bonds. The highest BCUT2D eigenvalue weighted by Crippen LogP contribution is 2.19. The standard InChI is InChI=1S/C16H34S2/c1-13(2)15(17)11-9-7-5-6-8-10-12-16(18)14(3)4/h13-18H,5-12H2,1-4H3. The van der Waals surface area contributed by atoms with E-state index in [0.29, 0.717) is 10.5 Å². The molecule has 0 spiro atoms. The first kappa shape index (κ1) is 18.7. The maximum atomic E-state index is 4.62. The Morgan fingerprint density at radius 1 is 0.556 bits per heavy atom. The van der Waals surface area contributed by atoms with E-state index in [1.165, 1.54) is 51.4 Å². The van der Waals surface area contributed by atoms with Crippen LogP contribution in [0, 0.1) is 11.8 Å². The topological polar surface area (TPSA) is 0 Å². The van der Waals surface area contributed by atoms with Crippen molar-refractivity contribution in [2.24, 2.45) is 11.8 Å². The number of thiol groups is 2. The van der Waals surface area contributed by atoms with Crippen molar-refractivity contribution in [3.05, 3.63) is 0 Å². The van der Waals surface area contributed by atoms with Gasteiger partial charge in [-0.1, -0.05) is 66.2 Å². The highest BCUT2D eigenvalue weighted by molar-refractivity contribution is 7.81. The van der Waals surface area contributed by atoms with Crippen LogP contribution < -0.4 is 0 Å². The van der Waals surface area contributed by atoms with Crippen molar-refractivity contribution in [1.29, 1.82) is 0 Å². The van der Waals surface area contributed by atoms with Crippen molar-refractivity contribution in [2.45, 2.75) is 89.6 Å². The zero-order valence-electron chi connectivity index (χ0n) is 12.9. The van der Waals surface area contributed by atoms with Gasteiger partial charge in [0.25, 0.3) is 0 Å². The van der Waals surface area contributed by atoms with E-state index in [2.05, 4.69) is 53.0 Å². The molecule has 0 N–H and O–H groups in total. The van der Waals surface area contributed by atoms with Gasteiger partial charge >= 0.3 is 0 Å². The molecule has 0 aromatic heterocycles. The molecule has 110 valence electrons. The highest BCUT2D eigenvalue weighted by Gasteiger charge is 2.08. The molecular weight excluding hydrogens is 256 g/mol. The molecule has 0 aromatic carbocycles. The van der Waals surface area contributed by atoms with Crippen LogP contribution in [0.5, 0.6) is 0 Å². The first-order chi connectivity index (χ1) is 8.45. The molecule has 0 saturated carbocycles. The molecule has 0 bridgehead atoms. The van der Waals surface area contributed by atoms with E-state index in [1.807, 2.05) is 0 Å². The van der Waals surface area contributed by atoms with E-state index in [9.17, 15) is 0 Å². The lowest BCUT2D eigenvalue weighted by atomic mass is 10.0. The van der Waals surface area contributed by atoms with E-state index in [0.717, 1.165) is 11.8 Å². The number of hydrogen-bond donors (Lipinski definition) is 2. The van der Waals surface area contributed by atoms with Crippen LogP contribution in [-0.2, 0) is 0 Å². The third kappa shape index (κ3) is 10.6. The Hall–Kier alpha value is 0.700. The average Bonchev–Trinajstić information content (AvgIpc) is 2.31. The van der Waals surface area contributed by atoms with Gasteiger partial charge in [0.15, 0.2) is 0 Å². The van der Waals surface area contributed by atoms with Crippen LogP contribution in [0.2, 0.25) is 0 Å². The van der Waals surface area contributed by atoms with Gasteiger partial charge in [-0.15, -0.1) is 0 Å². The van der Waals surface area contributed by atoms with E-state index in [4.69, 9.17) is 0 Å². The van der Waals surface area contributed by atoms with Crippen LogP contribution in [0.1, 0.15) is 79.1 Å². The fraction of sp³-hybridized carbons (Fsp3) is 1.00. The molecule has 0 aliphatic carbocycles. The van der Waals surface area contributed by atoms with Gasteiger partial charge < -0.3 is 0 Å². The van der Waals surface area contributed by atoms with Gasteiger partial charge in [0.05, 0.1) is 0 Å². The zero-order chi connectivity index (χ0) is 14.0. The second-order valence-electron chi connectivity index (χ2n) is 6.32. The zero-order valence-corrected chi connectivity index (χ0v) is 14.6. The predicted octanol–water partition coefficient (Wildman–Crippen LogP) is 6.02. The molecule has 0 aliphatic rings. The SMILES string of the molecule is CC(C)C(S)CCCCCCCCC(S)C(C)C. The fourth-order valence-electron chi connectivity index (χ4n) is 2.08. The molecule has 18 heavy (non-hydrogen) atoms. The maximum absolute atomic E-state index is 4.62. The van der Waals surface area contributed by atoms with Gasteiger partial charge in [0, 0.05) is 10.5 Å². The minimum absolute atomic E-state index is 0.598.